The molecule has 2 rings (SSSR count). The molecule has 0 radical (unpaired) electrons. The van der Waals surface area contributed by atoms with Gasteiger partial charge in [-0.1, -0.05) is 44.2 Å². The van der Waals surface area contributed by atoms with Crippen molar-refractivity contribution in [3.05, 3.63) is 53.7 Å². The van der Waals surface area contributed by atoms with E-state index < -0.39 is 17.3 Å². The quantitative estimate of drug-likeness (QED) is 0.818. The lowest BCUT2D eigenvalue weighted by atomic mass is 9.78. The Bertz CT molecular complexity index is 681. The third-order valence-electron chi connectivity index (χ3n) is 4.07. The zero-order valence-corrected chi connectivity index (χ0v) is 13.2. The summed E-state index contributed by atoms with van der Waals surface area (Å²) >= 11 is 0. The molecular formula is C17H20N2O4. The van der Waals surface area contributed by atoms with E-state index in [2.05, 4.69) is 10.3 Å². The molecule has 0 bridgehead atoms. The monoisotopic (exact) mass is 316 g/mol. The summed E-state index contributed by atoms with van der Waals surface area (Å²) in [6.45, 7) is 3.63. The lowest BCUT2D eigenvalue weighted by Crippen LogP contribution is -2.46. The van der Waals surface area contributed by atoms with Crippen LogP contribution in [0.15, 0.2) is 41.1 Å². The molecule has 6 heteroatoms. The summed E-state index contributed by atoms with van der Waals surface area (Å²) in [7, 11) is 0. The third kappa shape index (κ3) is 3.26. The number of hydrogen-bond acceptors (Lipinski definition) is 4. The van der Waals surface area contributed by atoms with Crippen molar-refractivity contribution in [1.82, 2.24) is 10.3 Å². The molecule has 0 saturated carbocycles. The number of carbonyl (C=O) groups excluding carboxylic acids is 1. The summed E-state index contributed by atoms with van der Waals surface area (Å²) in [5.41, 5.74) is -0.311. The van der Waals surface area contributed by atoms with Gasteiger partial charge in [-0.3, -0.25) is 9.59 Å². The highest BCUT2D eigenvalue weighted by atomic mass is 16.4. The number of hydrogen-bond donors (Lipinski definition) is 2. The van der Waals surface area contributed by atoms with E-state index in [4.69, 9.17) is 4.42 Å². The van der Waals surface area contributed by atoms with Gasteiger partial charge in [0, 0.05) is 13.0 Å². The van der Waals surface area contributed by atoms with E-state index in [1.165, 1.54) is 6.39 Å². The maximum atomic E-state index is 12.3. The maximum Gasteiger partial charge on any atom is 0.315 e. The minimum absolute atomic E-state index is 0.0162. The van der Waals surface area contributed by atoms with Crippen LogP contribution in [0.5, 0.6) is 0 Å². The highest BCUT2D eigenvalue weighted by Gasteiger charge is 2.39. The molecule has 2 N–H and O–H groups in total. The van der Waals surface area contributed by atoms with Crippen molar-refractivity contribution >= 4 is 11.9 Å². The molecule has 1 aromatic carbocycles. The fraction of sp³-hybridized carbons (Fsp3) is 0.353. The lowest BCUT2D eigenvalue weighted by Gasteiger charge is -2.28. The van der Waals surface area contributed by atoms with Crippen molar-refractivity contribution in [3.8, 4) is 0 Å². The highest BCUT2D eigenvalue weighted by Crippen LogP contribution is 2.28. The van der Waals surface area contributed by atoms with Crippen molar-refractivity contribution in [1.29, 1.82) is 0 Å². The van der Waals surface area contributed by atoms with Crippen LogP contribution in [-0.4, -0.2) is 28.5 Å². The predicted molar refractivity (Wildman–Crippen MR) is 84.3 cm³/mol. The van der Waals surface area contributed by atoms with Crippen molar-refractivity contribution in [3.63, 3.8) is 0 Å². The van der Waals surface area contributed by atoms with Crippen LogP contribution in [-0.2, 0) is 16.6 Å². The normalized spacial score (nSPS) is 13.3. The first-order valence-electron chi connectivity index (χ1n) is 7.54. The molecule has 0 saturated heterocycles. The molecule has 122 valence electrons. The Hall–Kier alpha value is -2.63. The molecular weight excluding hydrogens is 296 g/mol. The summed E-state index contributed by atoms with van der Waals surface area (Å²) in [5.74, 6) is -0.910. The molecule has 2 aromatic rings. The largest absolute Gasteiger partial charge is 0.481 e. The number of amides is 1. The van der Waals surface area contributed by atoms with E-state index in [9.17, 15) is 14.7 Å². The van der Waals surface area contributed by atoms with Crippen LogP contribution in [0.2, 0.25) is 0 Å². The van der Waals surface area contributed by atoms with Gasteiger partial charge >= 0.3 is 5.97 Å². The number of nitrogens with one attached hydrogen (secondary N) is 1. The van der Waals surface area contributed by atoms with Crippen LogP contribution < -0.4 is 5.32 Å². The standard InChI is InChI=1S/C17H20N2O4/c1-3-13-14(19-11-23-13)15(20)18-10-17(4-2,16(21)22)12-8-6-5-7-9-12/h5-9,11H,3-4,10H2,1-2H3,(H,18,20)(H,21,22). The zero-order valence-electron chi connectivity index (χ0n) is 13.2. The van der Waals surface area contributed by atoms with Gasteiger partial charge in [0.2, 0.25) is 0 Å². The SMILES string of the molecule is CCc1ocnc1C(=O)NCC(CC)(C(=O)O)c1ccccc1. The third-order valence-corrected chi connectivity index (χ3v) is 4.07. The molecule has 1 aromatic heterocycles. The van der Waals surface area contributed by atoms with Crippen molar-refractivity contribution in [2.45, 2.75) is 32.1 Å². The smallest absolute Gasteiger partial charge is 0.315 e. The van der Waals surface area contributed by atoms with Gasteiger partial charge < -0.3 is 14.8 Å². The van der Waals surface area contributed by atoms with Gasteiger partial charge in [-0.25, -0.2) is 4.98 Å². The van der Waals surface area contributed by atoms with Gasteiger partial charge in [0.25, 0.3) is 5.91 Å². The van der Waals surface area contributed by atoms with E-state index in [-0.39, 0.29) is 12.2 Å². The molecule has 1 atom stereocenters. The van der Waals surface area contributed by atoms with Crippen LogP contribution >= 0.6 is 0 Å². The van der Waals surface area contributed by atoms with Gasteiger partial charge in [-0.05, 0) is 12.0 Å². The molecule has 0 fully saturated rings. The number of aliphatic carboxylic acids is 1. The number of carboxylic acids is 1. The Morgan fingerprint density at radius 2 is 1.96 bits per heavy atom. The van der Waals surface area contributed by atoms with E-state index >= 15 is 0 Å². The summed E-state index contributed by atoms with van der Waals surface area (Å²) in [6, 6.07) is 8.93. The average molecular weight is 316 g/mol. The van der Waals surface area contributed by atoms with Gasteiger partial charge in [-0.15, -0.1) is 0 Å². The van der Waals surface area contributed by atoms with Crippen LogP contribution in [0, 0.1) is 0 Å². The Kier molecular flexibility index (Phi) is 5.16. The first-order chi connectivity index (χ1) is 11.0. The minimum atomic E-state index is -1.17. The number of nitrogens with zero attached hydrogens (tertiary/aromatic N) is 1. The Morgan fingerprint density at radius 3 is 2.52 bits per heavy atom. The Labute approximate surface area is 134 Å². The second kappa shape index (κ2) is 7.09. The summed E-state index contributed by atoms with van der Waals surface area (Å²) < 4.78 is 5.14. The predicted octanol–water partition coefficient (Wildman–Crippen LogP) is 2.40. The summed E-state index contributed by atoms with van der Waals surface area (Å²) in [4.78, 5) is 28.1. The topological polar surface area (TPSA) is 92.4 Å². The highest BCUT2D eigenvalue weighted by molar-refractivity contribution is 5.94. The van der Waals surface area contributed by atoms with Crippen LogP contribution in [0.3, 0.4) is 0 Å². The van der Waals surface area contributed by atoms with E-state index in [1.807, 2.05) is 13.0 Å². The molecule has 1 unspecified atom stereocenters. The van der Waals surface area contributed by atoms with Crippen LogP contribution in [0.25, 0.3) is 0 Å². The summed E-state index contributed by atoms with van der Waals surface area (Å²) in [6.07, 6.45) is 2.11. The molecule has 1 heterocycles. The maximum absolute atomic E-state index is 12.3. The fourth-order valence-electron chi connectivity index (χ4n) is 2.56. The second-order valence-corrected chi connectivity index (χ2v) is 5.27. The van der Waals surface area contributed by atoms with Crippen molar-refractivity contribution in [2.24, 2.45) is 0 Å². The van der Waals surface area contributed by atoms with Crippen molar-refractivity contribution in [2.75, 3.05) is 6.54 Å². The first kappa shape index (κ1) is 16.7. The number of carboxylic acid groups (broad SMARTS) is 1. The summed E-state index contributed by atoms with van der Waals surface area (Å²) in [5, 5.41) is 12.4. The Balaban J connectivity index is 2.23. The molecule has 0 spiro atoms. The van der Waals surface area contributed by atoms with Crippen molar-refractivity contribution < 1.29 is 19.1 Å². The molecule has 0 aliphatic carbocycles. The van der Waals surface area contributed by atoms with Gasteiger partial charge in [0.05, 0.1) is 0 Å². The number of oxazole rings is 1. The number of aromatic nitrogens is 1. The zero-order chi connectivity index (χ0) is 16.9. The molecule has 1 amide bonds. The molecule has 0 aliphatic heterocycles. The van der Waals surface area contributed by atoms with Crippen LogP contribution in [0.1, 0.15) is 42.1 Å². The average Bonchev–Trinajstić information content (AvgIpc) is 3.05. The van der Waals surface area contributed by atoms with E-state index in [0.29, 0.717) is 24.2 Å². The fourth-order valence-corrected chi connectivity index (χ4v) is 2.56. The van der Waals surface area contributed by atoms with E-state index in [1.54, 1.807) is 31.2 Å². The van der Waals surface area contributed by atoms with Crippen LogP contribution in [0.4, 0.5) is 0 Å². The van der Waals surface area contributed by atoms with Gasteiger partial charge in [-0.2, -0.15) is 0 Å². The Morgan fingerprint density at radius 1 is 1.26 bits per heavy atom. The lowest BCUT2D eigenvalue weighted by molar-refractivity contribution is -0.143. The van der Waals surface area contributed by atoms with E-state index in [0.717, 1.165) is 0 Å². The second-order valence-electron chi connectivity index (χ2n) is 5.27. The number of rotatable bonds is 7. The number of aryl methyl sites for hydroxylation is 1. The number of carbonyl (C=O) groups is 2. The van der Waals surface area contributed by atoms with Gasteiger partial charge in [0.1, 0.15) is 11.2 Å². The molecule has 0 aliphatic rings. The molecule has 6 nitrogen and oxygen atoms in total. The molecule has 23 heavy (non-hydrogen) atoms. The van der Waals surface area contributed by atoms with Gasteiger partial charge in [0.15, 0.2) is 12.1 Å². The number of benzene rings is 1. The minimum Gasteiger partial charge on any atom is -0.481 e. The first-order valence-corrected chi connectivity index (χ1v) is 7.54.